The van der Waals surface area contributed by atoms with E-state index in [2.05, 4.69) is 4.72 Å². The van der Waals surface area contributed by atoms with Crippen LogP contribution < -0.4 is 4.72 Å². The van der Waals surface area contributed by atoms with Gasteiger partial charge in [-0.2, -0.15) is 0 Å². The highest BCUT2D eigenvalue weighted by molar-refractivity contribution is 7.92. The van der Waals surface area contributed by atoms with Crippen molar-refractivity contribution in [2.45, 2.75) is 20.3 Å². The van der Waals surface area contributed by atoms with Crippen molar-refractivity contribution >= 4 is 15.7 Å². The first kappa shape index (κ1) is 16.9. The summed E-state index contributed by atoms with van der Waals surface area (Å²) in [5.41, 5.74) is 2.65. The summed E-state index contributed by atoms with van der Waals surface area (Å²) in [7, 11) is -1.81. The fourth-order valence-electron chi connectivity index (χ4n) is 1.63. The molecule has 0 spiro atoms. The third-order valence-electron chi connectivity index (χ3n) is 2.90. The van der Waals surface area contributed by atoms with Gasteiger partial charge < -0.3 is 9.47 Å². The number of nitrogens with one attached hydrogen (secondary N) is 1. The highest BCUT2D eigenvalue weighted by atomic mass is 32.2. The molecule has 0 unspecified atom stereocenters. The Morgan fingerprint density at radius 3 is 2.60 bits per heavy atom. The average molecular weight is 301 g/mol. The minimum Gasteiger partial charge on any atom is -0.382 e. The fourth-order valence-corrected chi connectivity index (χ4v) is 2.62. The van der Waals surface area contributed by atoms with Crippen LogP contribution in [0.3, 0.4) is 0 Å². The van der Waals surface area contributed by atoms with Gasteiger partial charge in [-0.15, -0.1) is 0 Å². The summed E-state index contributed by atoms with van der Waals surface area (Å²) >= 11 is 0. The Morgan fingerprint density at radius 2 is 1.95 bits per heavy atom. The van der Waals surface area contributed by atoms with Crippen LogP contribution in [0.25, 0.3) is 0 Å². The molecule has 1 rings (SSSR count). The zero-order valence-corrected chi connectivity index (χ0v) is 13.1. The molecule has 1 aromatic carbocycles. The van der Waals surface area contributed by atoms with E-state index in [4.69, 9.17) is 9.47 Å². The van der Waals surface area contributed by atoms with Gasteiger partial charge in [0.05, 0.1) is 31.3 Å². The highest BCUT2D eigenvalue weighted by Gasteiger charge is 2.12. The first-order chi connectivity index (χ1) is 9.48. The summed E-state index contributed by atoms with van der Waals surface area (Å²) in [5.74, 6) is -0.0630. The molecule has 1 aromatic rings. The molecule has 0 aliphatic carbocycles. The Kier molecular flexibility index (Phi) is 6.98. The summed E-state index contributed by atoms with van der Waals surface area (Å²) in [6, 6.07) is 5.80. The Bertz CT molecular complexity index is 514. The lowest BCUT2D eigenvalue weighted by Crippen LogP contribution is -2.21. The number of benzene rings is 1. The molecule has 0 saturated heterocycles. The maximum absolute atomic E-state index is 12.0. The number of hydrogen-bond donors (Lipinski definition) is 1. The standard InChI is InChI=1S/C14H23NO4S/c1-4-13-6-5-12(2)14(11-13)15-20(16,17)10-9-19-8-7-18-3/h5-6,11,15H,4,7-10H2,1-3H3. The Labute approximate surface area is 121 Å². The van der Waals surface area contributed by atoms with Crippen LogP contribution in [0.5, 0.6) is 0 Å². The van der Waals surface area contributed by atoms with Crippen LogP contribution in [0.2, 0.25) is 0 Å². The lowest BCUT2D eigenvalue weighted by atomic mass is 10.1. The molecular weight excluding hydrogens is 278 g/mol. The summed E-state index contributed by atoms with van der Waals surface area (Å²) in [6.45, 7) is 4.94. The van der Waals surface area contributed by atoms with Crippen LogP contribution >= 0.6 is 0 Å². The minimum absolute atomic E-state index is 0.0630. The van der Waals surface area contributed by atoms with E-state index in [9.17, 15) is 8.42 Å². The van der Waals surface area contributed by atoms with E-state index in [-0.39, 0.29) is 12.4 Å². The first-order valence-electron chi connectivity index (χ1n) is 6.65. The summed E-state index contributed by atoms with van der Waals surface area (Å²) in [6.07, 6.45) is 0.870. The second kappa shape index (κ2) is 8.24. The van der Waals surface area contributed by atoms with Gasteiger partial charge in [0.1, 0.15) is 0 Å². The highest BCUT2D eigenvalue weighted by Crippen LogP contribution is 2.18. The van der Waals surface area contributed by atoms with Crippen LogP contribution in [0.1, 0.15) is 18.1 Å². The number of methoxy groups -OCH3 is 1. The normalized spacial score (nSPS) is 11.6. The maximum atomic E-state index is 12.0. The van der Waals surface area contributed by atoms with Gasteiger partial charge in [-0.1, -0.05) is 19.1 Å². The average Bonchev–Trinajstić information content (AvgIpc) is 2.41. The number of ether oxygens (including phenoxy) is 2. The molecule has 1 N–H and O–H groups in total. The van der Waals surface area contributed by atoms with Gasteiger partial charge in [-0.3, -0.25) is 4.72 Å². The quantitative estimate of drug-likeness (QED) is 0.708. The van der Waals surface area contributed by atoms with Crippen molar-refractivity contribution in [3.05, 3.63) is 29.3 Å². The third kappa shape index (κ3) is 5.90. The Morgan fingerprint density at radius 1 is 1.20 bits per heavy atom. The van der Waals surface area contributed by atoms with E-state index in [0.29, 0.717) is 18.9 Å². The Hall–Kier alpha value is -1.11. The molecular formula is C14H23NO4S. The molecule has 0 aliphatic heterocycles. The fraction of sp³-hybridized carbons (Fsp3) is 0.571. The molecule has 6 heteroatoms. The molecule has 114 valence electrons. The molecule has 20 heavy (non-hydrogen) atoms. The summed E-state index contributed by atoms with van der Waals surface area (Å²) in [5, 5.41) is 0. The van der Waals surface area contributed by atoms with E-state index in [1.807, 2.05) is 32.0 Å². The predicted molar refractivity (Wildman–Crippen MR) is 80.7 cm³/mol. The zero-order valence-electron chi connectivity index (χ0n) is 12.3. The van der Waals surface area contributed by atoms with Gasteiger partial charge in [0.2, 0.25) is 10.0 Å². The van der Waals surface area contributed by atoms with Gasteiger partial charge in [0, 0.05) is 7.11 Å². The van der Waals surface area contributed by atoms with Crippen LogP contribution in [-0.2, 0) is 25.9 Å². The van der Waals surface area contributed by atoms with Crippen LogP contribution in [0, 0.1) is 6.92 Å². The van der Waals surface area contributed by atoms with Crippen molar-refractivity contribution in [1.29, 1.82) is 0 Å². The molecule has 0 saturated carbocycles. The SMILES string of the molecule is CCc1ccc(C)c(NS(=O)(=O)CCOCCOC)c1. The molecule has 0 atom stereocenters. The largest absolute Gasteiger partial charge is 0.382 e. The van der Waals surface area contributed by atoms with Crippen molar-refractivity contribution in [3.8, 4) is 0 Å². The van der Waals surface area contributed by atoms with Gasteiger partial charge in [-0.05, 0) is 30.5 Å². The van der Waals surface area contributed by atoms with Gasteiger partial charge in [0.15, 0.2) is 0 Å². The van der Waals surface area contributed by atoms with Gasteiger partial charge in [-0.25, -0.2) is 8.42 Å². The van der Waals surface area contributed by atoms with Gasteiger partial charge in [0.25, 0.3) is 0 Å². The van der Waals surface area contributed by atoms with Crippen molar-refractivity contribution in [1.82, 2.24) is 0 Å². The smallest absolute Gasteiger partial charge is 0.235 e. The van der Waals surface area contributed by atoms with E-state index < -0.39 is 10.0 Å². The molecule has 0 heterocycles. The van der Waals surface area contributed by atoms with E-state index in [1.54, 1.807) is 7.11 Å². The van der Waals surface area contributed by atoms with Crippen molar-refractivity contribution in [2.75, 3.05) is 37.4 Å². The predicted octanol–water partition coefficient (Wildman–Crippen LogP) is 1.96. The maximum Gasteiger partial charge on any atom is 0.235 e. The van der Waals surface area contributed by atoms with Crippen molar-refractivity contribution in [2.24, 2.45) is 0 Å². The van der Waals surface area contributed by atoms with Crippen molar-refractivity contribution < 1.29 is 17.9 Å². The van der Waals surface area contributed by atoms with Crippen molar-refractivity contribution in [3.63, 3.8) is 0 Å². The topological polar surface area (TPSA) is 64.6 Å². The molecule has 0 radical (unpaired) electrons. The van der Waals surface area contributed by atoms with Crippen LogP contribution in [0.4, 0.5) is 5.69 Å². The molecule has 5 nitrogen and oxygen atoms in total. The lowest BCUT2D eigenvalue weighted by molar-refractivity contribution is 0.0785. The molecule has 0 amide bonds. The second-order valence-electron chi connectivity index (χ2n) is 4.53. The molecule has 0 aromatic heterocycles. The number of rotatable bonds is 9. The minimum atomic E-state index is -3.39. The lowest BCUT2D eigenvalue weighted by Gasteiger charge is -2.12. The molecule has 0 bridgehead atoms. The van der Waals surface area contributed by atoms with E-state index in [1.165, 1.54) is 0 Å². The van der Waals surface area contributed by atoms with Crippen LogP contribution in [0.15, 0.2) is 18.2 Å². The molecule has 0 aliphatic rings. The number of hydrogen-bond acceptors (Lipinski definition) is 4. The molecule has 0 fully saturated rings. The number of aryl methyl sites for hydroxylation is 2. The Balaban J connectivity index is 2.57. The first-order valence-corrected chi connectivity index (χ1v) is 8.30. The monoisotopic (exact) mass is 301 g/mol. The van der Waals surface area contributed by atoms with Crippen LogP contribution in [-0.4, -0.2) is 41.1 Å². The van der Waals surface area contributed by atoms with E-state index >= 15 is 0 Å². The number of anilines is 1. The number of sulfonamides is 1. The van der Waals surface area contributed by atoms with E-state index in [0.717, 1.165) is 17.5 Å². The third-order valence-corrected chi connectivity index (χ3v) is 4.14. The zero-order chi connectivity index (χ0) is 15.0. The summed E-state index contributed by atoms with van der Waals surface area (Å²) in [4.78, 5) is 0. The summed E-state index contributed by atoms with van der Waals surface area (Å²) < 4.78 is 36.5. The van der Waals surface area contributed by atoms with Gasteiger partial charge >= 0.3 is 0 Å². The second-order valence-corrected chi connectivity index (χ2v) is 6.37.